The molecule has 0 spiro atoms. The number of aliphatic imine (C=N–C) groups is 1. The van der Waals surface area contributed by atoms with Crippen molar-refractivity contribution in [3.8, 4) is 11.5 Å². The second-order valence-electron chi connectivity index (χ2n) is 6.58. The summed E-state index contributed by atoms with van der Waals surface area (Å²) in [4.78, 5) is 16.2. The van der Waals surface area contributed by atoms with Crippen molar-refractivity contribution in [1.82, 2.24) is 16.0 Å². The summed E-state index contributed by atoms with van der Waals surface area (Å²) in [6.45, 7) is 3.19. The molecule has 0 aliphatic carbocycles. The van der Waals surface area contributed by atoms with E-state index in [1.807, 2.05) is 18.2 Å². The van der Waals surface area contributed by atoms with Crippen molar-refractivity contribution in [3.05, 3.63) is 58.9 Å². The number of methoxy groups -OCH3 is 2. The molecule has 1 amide bonds. The lowest BCUT2D eigenvalue weighted by atomic mass is 10.1. The molecule has 7 nitrogen and oxygen atoms in total. The molecule has 2 aromatic carbocycles. The summed E-state index contributed by atoms with van der Waals surface area (Å²) >= 11 is 0. The molecule has 0 bridgehead atoms. The maximum absolute atomic E-state index is 13.6. The molecule has 2 aromatic rings. The number of benzene rings is 2. The van der Waals surface area contributed by atoms with Gasteiger partial charge in [0.15, 0.2) is 17.5 Å². The monoisotopic (exact) mass is 416 g/mol. The Balaban J connectivity index is 1.72. The molecule has 0 aliphatic heterocycles. The summed E-state index contributed by atoms with van der Waals surface area (Å²) in [5, 5.41) is 9.11. The van der Waals surface area contributed by atoms with E-state index in [2.05, 4.69) is 20.9 Å². The topological polar surface area (TPSA) is 84.0 Å². The van der Waals surface area contributed by atoms with Crippen LogP contribution in [0, 0.1) is 12.7 Å². The van der Waals surface area contributed by atoms with Crippen LogP contribution in [0.3, 0.4) is 0 Å². The molecule has 2 rings (SSSR count). The molecule has 8 heteroatoms. The fourth-order valence-corrected chi connectivity index (χ4v) is 2.78. The van der Waals surface area contributed by atoms with Crippen molar-refractivity contribution in [1.29, 1.82) is 0 Å². The molecule has 0 aliphatic rings. The van der Waals surface area contributed by atoms with Crippen LogP contribution < -0.4 is 25.4 Å². The first-order valence-electron chi connectivity index (χ1n) is 9.68. The first kappa shape index (κ1) is 23.0. The van der Waals surface area contributed by atoms with Crippen LogP contribution in [0.25, 0.3) is 0 Å². The van der Waals surface area contributed by atoms with Crippen LogP contribution in [0.15, 0.2) is 41.4 Å². The van der Waals surface area contributed by atoms with E-state index in [4.69, 9.17) is 9.47 Å². The zero-order valence-electron chi connectivity index (χ0n) is 17.8. The molecular weight excluding hydrogens is 387 g/mol. The van der Waals surface area contributed by atoms with E-state index < -0.39 is 0 Å². The minimum absolute atomic E-state index is 0.301. The molecule has 0 atom stereocenters. The van der Waals surface area contributed by atoms with Gasteiger partial charge in [0.05, 0.1) is 14.2 Å². The second kappa shape index (κ2) is 11.6. The predicted molar refractivity (Wildman–Crippen MR) is 116 cm³/mol. The number of amides is 1. The summed E-state index contributed by atoms with van der Waals surface area (Å²) in [6, 6.07) is 10.3. The van der Waals surface area contributed by atoms with Gasteiger partial charge in [-0.15, -0.1) is 0 Å². The van der Waals surface area contributed by atoms with E-state index in [-0.39, 0.29) is 11.7 Å². The van der Waals surface area contributed by atoms with Gasteiger partial charge in [0.2, 0.25) is 0 Å². The van der Waals surface area contributed by atoms with Crippen LogP contribution in [0.5, 0.6) is 11.5 Å². The largest absolute Gasteiger partial charge is 0.493 e. The van der Waals surface area contributed by atoms with Crippen LogP contribution in [-0.4, -0.2) is 52.8 Å². The second-order valence-corrected chi connectivity index (χ2v) is 6.58. The van der Waals surface area contributed by atoms with Gasteiger partial charge < -0.3 is 25.4 Å². The Morgan fingerprint density at radius 3 is 2.33 bits per heavy atom. The third-order valence-corrected chi connectivity index (χ3v) is 4.51. The highest BCUT2D eigenvalue weighted by atomic mass is 19.1. The number of carbonyl (C=O) groups excluding carboxylic acids is 1. The van der Waals surface area contributed by atoms with Gasteiger partial charge in [-0.1, -0.05) is 12.1 Å². The van der Waals surface area contributed by atoms with Gasteiger partial charge in [-0.25, -0.2) is 4.39 Å². The van der Waals surface area contributed by atoms with Crippen molar-refractivity contribution >= 4 is 11.9 Å². The number of carbonyl (C=O) groups is 1. The van der Waals surface area contributed by atoms with Gasteiger partial charge in [0.1, 0.15) is 5.82 Å². The number of ether oxygens (including phenoxy) is 2. The molecular formula is C22H29FN4O3. The predicted octanol–water partition coefficient (Wildman–Crippen LogP) is 2.29. The maximum Gasteiger partial charge on any atom is 0.251 e. The molecule has 162 valence electrons. The highest BCUT2D eigenvalue weighted by Gasteiger charge is 2.08. The number of aryl methyl sites for hydroxylation is 1. The van der Waals surface area contributed by atoms with Crippen molar-refractivity contribution < 1.29 is 18.7 Å². The quantitative estimate of drug-likeness (QED) is 0.332. The van der Waals surface area contributed by atoms with Crippen LogP contribution in [0.2, 0.25) is 0 Å². The fourth-order valence-electron chi connectivity index (χ4n) is 2.78. The summed E-state index contributed by atoms with van der Waals surface area (Å²) < 4.78 is 24.1. The van der Waals surface area contributed by atoms with Gasteiger partial charge in [-0.3, -0.25) is 9.79 Å². The van der Waals surface area contributed by atoms with Gasteiger partial charge in [0, 0.05) is 32.2 Å². The van der Waals surface area contributed by atoms with E-state index in [9.17, 15) is 9.18 Å². The SMILES string of the molecule is CN=C(NCCNC(=O)c1ccc(C)c(F)c1)NCCc1ccc(OC)c(OC)c1. The number of hydrogen-bond donors (Lipinski definition) is 3. The average molecular weight is 416 g/mol. The van der Waals surface area contributed by atoms with Crippen LogP contribution in [-0.2, 0) is 6.42 Å². The van der Waals surface area contributed by atoms with Crippen molar-refractivity contribution in [2.45, 2.75) is 13.3 Å². The first-order chi connectivity index (χ1) is 14.5. The highest BCUT2D eigenvalue weighted by molar-refractivity contribution is 5.94. The van der Waals surface area contributed by atoms with E-state index in [0.29, 0.717) is 48.2 Å². The summed E-state index contributed by atoms with van der Waals surface area (Å²) in [5.74, 6) is 1.32. The lowest BCUT2D eigenvalue weighted by Crippen LogP contribution is -2.42. The van der Waals surface area contributed by atoms with Crippen molar-refractivity contribution in [3.63, 3.8) is 0 Å². The maximum atomic E-state index is 13.6. The molecule has 0 fully saturated rings. The molecule has 30 heavy (non-hydrogen) atoms. The average Bonchev–Trinajstić information content (AvgIpc) is 2.76. The zero-order chi connectivity index (χ0) is 21.9. The van der Waals surface area contributed by atoms with E-state index in [0.717, 1.165) is 12.0 Å². The highest BCUT2D eigenvalue weighted by Crippen LogP contribution is 2.27. The third-order valence-electron chi connectivity index (χ3n) is 4.51. The van der Waals surface area contributed by atoms with Crippen LogP contribution in [0.4, 0.5) is 4.39 Å². The van der Waals surface area contributed by atoms with Crippen LogP contribution >= 0.6 is 0 Å². The molecule has 0 heterocycles. The molecule has 3 N–H and O–H groups in total. The molecule has 0 unspecified atom stereocenters. The number of nitrogens with zero attached hydrogens (tertiary/aromatic N) is 1. The minimum Gasteiger partial charge on any atom is -0.493 e. The fraction of sp³-hybridized carbons (Fsp3) is 0.364. The van der Waals surface area contributed by atoms with Crippen molar-refractivity contribution in [2.24, 2.45) is 4.99 Å². The lowest BCUT2D eigenvalue weighted by molar-refractivity contribution is 0.0954. The van der Waals surface area contributed by atoms with Crippen LogP contribution in [0.1, 0.15) is 21.5 Å². The van der Waals surface area contributed by atoms with E-state index in [1.54, 1.807) is 40.3 Å². The number of guanidine groups is 1. The molecule has 0 saturated carbocycles. The zero-order valence-corrected chi connectivity index (χ0v) is 17.8. The molecule has 0 radical (unpaired) electrons. The van der Waals surface area contributed by atoms with Gasteiger partial charge in [0.25, 0.3) is 5.91 Å². The van der Waals surface area contributed by atoms with E-state index in [1.165, 1.54) is 6.07 Å². The smallest absolute Gasteiger partial charge is 0.251 e. The summed E-state index contributed by atoms with van der Waals surface area (Å²) in [7, 11) is 4.90. The first-order valence-corrected chi connectivity index (χ1v) is 9.68. The summed E-state index contributed by atoms with van der Waals surface area (Å²) in [5.41, 5.74) is 1.92. The van der Waals surface area contributed by atoms with Gasteiger partial charge >= 0.3 is 0 Å². The number of nitrogens with one attached hydrogen (secondary N) is 3. The van der Waals surface area contributed by atoms with Gasteiger partial charge in [-0.05, 0) is 48.7 Å². The minimum atomic E-state index is -0.389. The Hall–Kier alpha value is -3.29. The van der Waals surface area contributed by atoms with E-state index >= 15 is 0 Å². The Morgan fingerprint density at radius 1 is 0.967 bits per heavy atom. The molecule has 0 saturated heterocycles. The summed E-state index contributed by atoms with van der Waals surface area (Å²) in [6.07, 6.45) is 0.775. The normalized spacial score (nSPS) is 11.0. The number of rotatable bonds is 9. The third kappa shape index (κ3) is 6.65. The lowest BCUT2D eigenvalue weighted by Gasteiger charge is -2.13. The Kier molecular flexibility index (Phi) is 8.93. The van der Waals surface area contributed by atoms with Crippen molar-refractivity contribution in [2.75, 3.05) is 40.9 Å². The Labute approximate surface area is 176 Å². The Morgan fingerprint density at radius 2 is 1.67 bits per heavy atom. The van der Waals surface area contributed by atoms with Gasteiger partial charge in [-0.2, -0.15) is 0 Å². The number of halogens is 1. The number of hydrogen-bond acceptors (Lipinski definition) is 4. The Bertz CT molecular complexity index is 887. The standard InChI is InChI=1S/C22H29FN4O3/c1-15-5-7-17(14-18(15)23)21(28)25-11-12-27-22(24-2)26-10-9-16-6-8-19(29-3)20(13-16)30-4/h5-8,13-14H,9-12H2,1-4H3,(H,25,28)(H2,24,26,27). The molecule has 0 aromatic heterocycles.